The maximum absolute atomic E-state index is 13.2. The van der Waals surface area contributed by atoms with Gasteiger partial charge in [-0.2, -0.15) is 5.10 Å². The molecule has 3 nitrogen and oxygen atoms in total. The molecule has 2 rings (SSSR count). The first kappa shape index (κ1) is 14.5. The van der Waals surface area contributed by atoms with Crippen molar-refractivity contribution in [1.82, 2.24) is 9.78 Å². The second kappa shape index (κ2) is 5.61. The minimum atomic E-state index is -0.820. The van der Waals surface area contributed by atoms with Crippen LogP contribution >= 0.6 is 27.5 Å². The van der Waals surface area contributed by atoms with Gasteiger partial charge in [-0.05, 0) is 30.7 Å². The standard InChI is InChI=1S/C13H13BrClFN2O/c1-7-12(13(15)18(2)17-7)11(19)6-8-5-9(16)3-4-10(8)14/h3-5,11,19H,6H2,1-2H3. The van der Waals surface area contributed by atoms with Crippen LogP contribution in [0.4, 0.5) is 4.39 Å². The lowest BCUT2D eigenvalue weighted by Crippen LogP contribution is -2.04. The zero-order valence-electron chi connectivity index (χ0n) is 10.5. The molecule has 19 heavy (non-hydrogen) atoms. The molecule has 0 aliphatic carbocycles. The molecule has 1 aromatic heterocycles. The number of aliphatic hydroxyl groups is 1. The molecule has 1 N–H and O–H groups in total. The highest BCUT2D eigenvalue weighted by Gasteiger charge is 2.20. The van der Waals surface area contributed by atoms with E-state index >= 15 is 0 Å². The number of aromatic nitrogens is 2. The Hall–Kier alpha value is -0.910. The molecule has 0 bridgehead atoms. The average Bonchev–Trinajstić information content (AvgIpc) is 2.58. The summed E-state index contributed by atoms with van der Waals surface area (Å²) in [5, 5.41) is 14.8. The van der Waals surface area contributed by atoms with Crippen molar-refractivity contribution in [1.29, 1.82) is 0 Å². The maximum atomic E-state index is 13.2. The van der Waals surface area contributed by atoms with Crippen LogP contribution in [-0.4, -0.2) is 14.9 Å². The number of nitrogens with zero attached hydrogens (tertiary/aromatic N) is 2. The summed E-state index contributed by atoms with van der Waals surface area (Å²) < 4.78 is 15.5. The van der Waals surface area contributed by atoms with Crippen LogP contribution < -0.4 is 0 Å². The van der Waals surface area contributed by atoms with Gasteiger partial charge in [-0.1, -0.05) is 27.5 Å². The highest BCUT2D eigenvalue weighted by Crippen LogP contribution is 2.30. The number of aliphatic hydroxyl groups excluding tert-OH is 1. The van der Waals surface area contributed by atoms with E-state index in [1.807, 2.05) is 0 Å². The number of hydrogen-bond acceptors (Lipinski definition) is 2. The summed E-state index contributed by atoms with van der Waals surface area (Å²) in [5.74, 6) is -0.334. The summed E-state index contributed by atoms with van der Waals surface area (Å²) in [6.45, 7) is 1.78. The predicted octanol–water partition coefficient (Wildman–Crippen LogP) is 3.56. The van der Waals surface area contributed by atoms with Crippen molar-refractivity contribution in [2.75, 3.05) is 0 Å². The summed E-state index contributed by atoms with van der Waals surface area (Å²) in [4.78, 5) is 0. The first-order chi connectivity index (χ1) is 8.90. The van der Waals surface area contributed by atoms with E-state index in [0.717, 1.165) is 4.47 Å². The van der Waals surface area contributed by atoms with Gasteiger partial charge in [-0.3, -0.25) is 4.68 Å². The lowest BCUT2D eigenvalue weighted by atomic mass is 10.0. The molecule has 1 atom stereocenters. The minimum absolute atomic E-state index is 0.268. The molecule has 0 radical (unpaired) electrons. The van der Waals surface area contributed by atoms with E-state index in [-0.39, 0.29) is 12.2 Å². The monoisotopic (exact) mass is 346 g/mol. The average molecular weight is 348 g/mol. The fourth-order valence-corrected chi connectivity index (χ4v) is 2.74. The van der Waals surface area contributed by atoms with E-state index in [0.29, 0.717) is 22.0 Å². The Morgan fingerprint density at radius 3 is 2.79 bits per heavy atom. The van der Waals surface area contributed by atoms with E-state index in [1.54, 1.807) is 20.0 Å². The summed E-state index contributed by atoms with van der Waals surface area (Å²) in [6.07, 6.45) is -0.552. The van der Waals surface area contributed by atoms with Gasteiger partial charge in [0.15, 0.2) is 0 Å². The van der Waals surface area contributed by atoms with Gasteiger partial charge in [0, 0.05) is 23.5 Å². The third-order valence-electron chi connectivity index (χ3n) is 2.95. The highest BCUT2D eigenvalue weighted by atomic mass is 79.9. The molecule has 0 saturated heterocycles. The van der Waals surface area contributed by atoms with Crippen LogP contribution in [0.1, 0.15) is 22.9 Å². The topological polar surface area (TPSA) is 38.0 Å². The van der Waals surface area contributed by atoms with E-state index in [4.69, 9.17) is 11.6 Å². The van der Waals surface area contributed by atoms with Gasteiger partial charge in [0.1, 0.15) is 11.0 Å². The third kappa shape index (κ3) is 2.99. The van der Waals surface area contributed by atoms with Gasteiger partial charge in [0.05, 0.1) is 11.8 Å². The zero-order valence-corrected chi connectivity index (χ0v) is 12.8. The van der Waals surface area contributed by atoms with Crippen LogP contribution in [0.5, 0.6) is 0 Å². The van der Waals surface area contributed by atoms with Crippen molar-refractivity contribution in [2.24, 2.45) is 7.05 Å². The summed E-state index contributed by atoms with van der Waals surface area (Å²) >= 11 is 9.44. The molecular formula is C13H13BrClFN2O. The molecule has 0 fully saturated rings. The molecule has 6 heteroatoms. The summed E-state index contributed by atoms with van der Waals surface area (Å²) in [7, 11) is 1.71. The van der Waals surface area contributed by atoms with Gasteiger partial charge in [0.25, 0.3) is 0 Å². The Bertz CT molecular complexity index is 615. The number of hydrogen-bond donors (Lipinski definition) is 1. The Kier molecular flexibility index (Phi) is 4.28. The van der Waals surface area contributed by atoms with Crippen LogP contribution in [0.15, 0.2) is 22.7 Å². The molecule has 0 spiro atoms. The molecule has 102 valence electrons. The van der Waals surface area contributed by atoms with E-state index in [2.05, 4.69) is 21.0 Å². The molecule has 0 amide bonds. The van der Waals surface area contributed by atoms with Crippen molar-refractivity contribution >= 4 is 27.5 Å². The molecule has 0 saturated carbocycles. The molecule has 0 aliphatic heterocycles. The van der Waals surface area contributed by atoms with Crippen LogP contribution in [0.3, 0.4) is 0 Å². The van der Waals surface area contributed by atoms with Crippen molar-refractivity contribution in [3.63, 3.8) is 0 Å². The lowest BCUT2D eigenvalue weighted by molar-refractivity contribution is 0.177. The number of aryl methyl sites for hydroxylation is 2. The molecular weight excluding hydrogens is 335 g/mol. The molecule has 1 heterocycles. The zero-order chi connectivity index (χ0) is 14.2. The molecule has 1 unspecified atom stereocenters. The maximum Gasteiger partial charge on any atom is 0.132 e. The van der Waals surface area contributed by atoms with Crippen molar-refractivity contribution in [3.8, 4) is 0 Å². The second-order valence-corrected chi connectivity index (χ2v) is 5.58. The third-order valence-corrected chi connectivity index (χ3v) is 4.17. The van der Waals surface area contributed by atoms with Gasteiger partial charge in [0.2, 0.25) is 0 Å². The Morgan fingerprint density at radius 2 is 2.21 bits per heavy atom. The quantitative estimate of drug-likeness (QED) is 0.922. The van der Waals surface area contributed by atoms with Crippen molar-refractivity contribution in [3.05, 3.63) is 50.5 Å². The highest BCUT2D eigenvalue weighted by molar-refractivity contribution is 9.10. The number of halogens is 3. The fourth-order valence-electron chi connectivity index (χ4n) is 2.04. The Morgan fingerprint density at radius 1 is 1.53 bits per heavy atom. The summed E-state index contributed by atoms with van der Waals surface area (Å²) in [5.41, 5.74) is 1.94. The van der Waals surface area contributed by atoms with Crippen molar-refractivity contribution in [2.45, 2.75) is 19.4 Å². The first-order valence-electron chi connectivity index (χ1n) is 5.71. The number of rotatable bonds is 3. The minimum Gasteiger partial charge on any atom is -0.388 e. The van der Waals surface area contributed by atoms with Crippen LogP contribution in [0.2, 0.25) is 5.15 Å². The summed E-state index contributed by atoms with van der Waals surface area (Å²) in [6, 6.07) is 4.38. The van der Waals surface area contributed by atoms with Gasteiger partial charge in [-0.15, -0.1) is 0 Å². The van der Waals surface area contributed by atoms with Gasteiger partial charge >= 0.3 is 0 Å². The predicted molar refractivity (Wildman–Crippen MR) is 75.7 cm³/mol. The molecule has 2 aromatic rings. The van der Waals surface area contributed by atoms with E-state index in [9.17, 15) is 9.50 Å². The lowest BCUT2D eigenvalue weighted by Gasteiger charge is -2.12. The first-order valence-corrected chi connectivity index (χ1v) is 6.88. The van der Waals surface area contributed by atoms with Crippen LogP contribution in [-0.2, 0) is 13.5 Å². The SMILES string of the molecule is Cc1nn(C)c(Cl)c1C(O)Cc1cc(F)ccc1Br. The second-order valence-electron chi connectivity index (χ2n) is 4.37. The van der Waals surface area contributed by atoms with Crippen LogP contribution in [0, 0.1) is 12.7 Å². The normalized spacial score (nSPS) is 12.7. The van der Waals surface area contributed by atoms with Crippen molar-refractivity contribution < 1.29 is 9.50 Å². The largest absolute Gasteiger partial charge is 0.388 e. The smallest absolute Gasteiger partial charge is 0.132 e. The van der Waals surface area contributed by atoms with Gasteiger partial charge < -0.3 is 5.11 Å². The molecule has 0 aliphatic rings. The number of benzene rings is 1. The van der Waals surface area contributed by atoms with E-state index in [1.165, 1.54) is 16.8 Å². The van der Waals surface area contributed by atoms with Crippen LogP contribution in [0.25, 0.3) is 0 Å². The Balaban J connectivity index is 2.30. The van der Waals surface area contributed by atoms with E-state index < -0.39 is 6.10 Å². The Labute approximate surface area is 124 Å². The fraction of sp³-hybridized carbons (Fsp3) is 0.308. The molecule has 1 aromatic carbocycles. The van der Waals surface area contributed by atoms with Gasteiger partial charge in [-0.25, -0.2) is 4.39 Å².